The van der Waals surface area contributed by atoms with Crippen LogP contribution in [0.15, 0.2) is 18.5 Å². The molecular weight excluding hydrogens is 261 g/mol. The summed E-state index contributed by atoms with van der Waals surface area (Å²) < 4.78 is 12.3. The molecule has 1 saturated heterocycles. The Morgan fingerprint density at radius 1 is 1.00 bits per heavy atom. The van der Waals surface area contributed by atoms with E-state index in [1.165, 1.54) is 37.7 Å². The number of nitrogens with zero attached hydrogens (tertiary/aromatic N) is 1. The van der Waals surface area contributed by atoms with Gasteiger partial charge in [-0.15, -0.1) is 0 Å². The summed E-state index contributed by atoms with van der Waals surface area (Å²) in [5, 5.41) is 0. The highest BCUT2D eigenvalue weighted by Crippen LogP contribution is 2.37. The van der Waals surface area contributed by atoms with E-state index in [1.54, 1.807) is 0 Å². The van der Waals surface area contributed by atoms with Crippen molar-refractivity contribution in [1.82, 2.24) is 4.98 Å². The van der Waals surface area contributed by atoms with E-state index in [0.29, 0.717) is 5.92 Å². The predicted octanol–water partition coefficient (Wildman–Crippen LogP) is 3.43. The minimum Gasteiger partial charge on any atom is -0.399 e. The molecule has 0 radical (unpaired) electrons. The minimum atomic E-state index is -0.300. The maximum atomic E-state index is 6.13. The molecule has 21 heavy (non-hydrogen) atoms. The lowest BCUT2D eigenvalue weighted by molar-refractivity contribution is 0.00578. The van der Waals surface area contributed by atoms with E-state index < -0.39 is 0 Å². The first-order chi connectivity index (χ1) is 9.89. The molecule has 0 amide bonds. The predicted molar refractivity (Wildman–Crippen MR) is 85.8 cm³/mol. The molecule has 1 aromatic rings. The normalized spacial score (nSPS) is 25.2. The summed E-state index contributed by atoms with van der Waals surface area (Å²) in [5.74, 6) is 0.661. The first-order valence-electron chi connectivity index (χ1n) is 8.19. The van der Waals surface area contributed by atoms with Gasteiger partial charge in [0.1, 0.15) is 0 Å². The summed E-state index contributed by atoms with van der Waals surface area (Å²) in [5.41, 5.74) is 1.82. The van der Waals surface area contributed by atoms with Crippen LogP contribution in [0.1, 0.15) is 71.3 Å². The Morgan fingerprint density at radius 3 is 2.24 bits per heavy atom. The lowest BCUT2D eigenvalue weighted by Gasteiger charge is -2.32. The van der Waals surface area contributed by atoms with Gasteiger partial charge in [-0.05, 0) is 52.0 Å². The molecule has 2 fully saturated rings. The Bertz CT molecular complexity index is 493. The van der Waals surface area contributed by atoms with E-state index in [2.05, 4.69) is 38.7 Å². The second-order valence-electron chi connectivity index (χ2n) is 7.47. The SMILES string of the molecule is CC1(C)OB(c2cncc(C3CCCCC3)c2)OC1(C)C. The van der Waals surface area contributed by atoms with Crippen LogP contribution in [0.5, 0.6) is 0 Å². The molecule has 1 aliphatic heterocycles. The Kier molecular flexibility index (Phi) is 3.87. The number of hydrogen-bond donors (Lipinski definition) is 0. The van der Waals surface area contributed by atoms with Gasteiger partial charge in [-0.3, -0.25) is 4.98 Å². The quantitative estimate of drug-likeness (QED) is 0.781. The average Bonchev–Trinajstić information content (AvgIpc) is 2.69. The minimum absolute atomic E-state index is 0.293. The first kappa shape index (κ1) is 15.0. The molecular formula is C17H26BNO2. The van der Waals surface area contributed by atoms with Gasteiger partial charge in [-0.25, -0.2) is 0 Å². The van der Waals surface area contributed by atoms with Gasteiger partial charge in [0.05, 0.1) is 11.2 Å². The molecule has 1 aromatic heterocycles. The third-order valence-corrected chi connectivity index (χ3v) is 5.38. The summed E-state index contributed by atoms with van der Waals surface area (Å²) in [4.78, 5) is 4.44. The number of aromatic nitrogens is 1. The molecule has 0 unspecified atom stereocenters. The van der Waals surface area contributed by atoms with E-state index >= 15 is 0 Å². The van der Waals surface area contributed by atoms with Crippen molar-refractivity contribution < 1.29 is 9.31 Å². The maximum Gasteiger partial charge on any atom is 0.496 e. The molecule has 3 nitrogen and oxygen atoms in total. The van der Waals surface area contributed by atoms with Crippen molar-refractivity contribution >= 4 is 12.6 Å². The number of pyridine rings is 1. The zero-order chi connectivity index (χ0) is 15.1. The van der Waals surface area contributed by atoms with Gasteiger partial charge in [0.2, 0.25) is 0 Å². The van der Waals surface area contributed by atoms with Gasteiger partial charge in [-0.2, -0.15) is 0 Å². The van der Waals surface area contributed by atoms with Crippen LogP contribution in [-0.2, 0) is 9.31 Å². The Balaban J connectivity index is 1.81. The highest BCUT2D eigenvalue weighted by atomic mass is 16.7. The van der Waals surface area contributed by atoms with Crippen molar-refractivity contribution in [3.05, 3.63) is 24.0 Å². The highest BCUT2D eigenvalue weighted by Gasteiger charge is 2.51. The van der Waals surface area contributed by atoms with Crippen molar-refractivity contribution in [1.29, 1.82) is 0 Å². The van der Waals surface area contributed by atoms with Crippen molar-refractivity contribution in [2.24, 2.45) is 0 Å². The molecule has 1 aliphatic carbocycles. The second kappa shape index (κ2) is 5.40. The molecule has 0 aromatic carbocycles. The maximum absolute atomic E-state index is 6.13. The number of rotatable bonds is 2. The largest absolute Gasteiger partial charge is 0.496 e. The van der Waals surface area contributed by atoms with Gasteiger partial charge >= 0.3 is 7.12 Å². The third-order valence-electron chi connectivity index (χ3n) is 5.38. The molecule has 1 saturated carbocycles. The molecule has 2 heterocycles. The van der Waals surface area contributed by atoms with E-state index in [1.807, 2.05) is 12.4 Å². The highest BCUT2D eigenvalue weighted by molar-refractivity contribution is 6.62. The Hall–Kier alpha value is -0.865. The van der Waals surface area contributed by atoms with Crippen LogP contribution < -0.4 is 5.46 Å². The number of hydrogen-bond acceptors (Lipinski definition) is 3. The van der Waals surface area contributed by atoms with Crippen molar-refractivity contribution in [2.75, 3.05) is 0 Å². The van der Waals surface area contributed by atoms with E-state index in [-0.39, 0.29) is 18.3 Å². The van der Waals surface area contributed by atoms with Crippen molar-refractivity contribution in [3.8, 4) is 0 Å². The Morgan fingerprint density at radius 2 is 1.62 bits per heavy atom. The average molecular weight is 287 g/mol. The first-order valence-corrected chi connectivity index (χ1v) is 8.19. The van der Waals surface area contributed by atoms with Crippen LogP contribution in [-0.4, -0.2) is 23.3 Å². The molecule has 0 bridgehead atoms. The third kappa shape index (κ3) is 2.88. The molecule has 3 rings (SSSR count). The summed E-state index contributed by atoms with van der Waals surface area (Å²) >= 11 is 0. The van der Waals surface area contributed by atoms with Crippen LogP contribution in [0.3, 0.4) is 0 Å². The van der Waals surface area contributed by atoms with E-state index in [0.717, 1.165) is 5.46 Å². The van der Waals surface area contributed by atoms with E-state index in [9.17, 15) is 0 Å². The summed E-state index contributed by atoms with van der Waals surface area (Å²) in [7, 11) is -0.300. The van der Waals surface area contributed by atoms with Crippen LogP contribution in [0.25, 0.3) is 0 Å². The van der Waals surface area contributed by atoms with Gasteiger partial charge in [0.15, 0.2) is 0 Å². The topological polar surface area (TPSA) is 31.4 Å². The second-order valence-corrected chi connectivity index (χ2v) is 7.47. The van der Waals surface area contributed by atoms with Gasteiger partial charge in [-0.1, -0.05) is 25.3 Å². The fourth-order valence-electron chi connectivity index (χ4n) is 3.24. The summed E-state index contributed by atoms with van der Waals surface area (Å²) in [6.45, 7) is 8.35. The van der Waals surface area contributed by atoms with Crippen LogP contribution >= 0.6 is 0 Å². The van der Waals surface area contributed by atoms with E-state index in [4.69, 9.17) is 9.31 Å². The lowest BCUT2D eigenvalue weighted by Crippen LogP contribution is -2.41. The lowest BCUT2D eigenvalue weighted by atomic mass is 9.77. The van der Waals surface area contributed by atoms with Crippen LogP contribution in [0, 0.1) is 0 Å². The van der Waals surface area contributed by atoms with Crippen molar-refractivity contribution in [2.45, 2.75) is 76.9 Å². The zero-order valence-corrected chi connectivity index (χ0v) is 13.7. The molecule has 0 spiro atoms. The fraction of sp³-hybridized carbons (Fsp3) is 0.706. The smallest absolute Gasteiger partial charge is 0.399 e. The molecule has 0 N–H and O–H groups in total. The Labute approximate surface area is 128 Å². The molecule has 2 aliphatic rings. The molecule has 4 heteroatoms. The van der Waals surface area contributed by atoms with Gasteiger partial charge in [0, 0.05) is 17.9 Å². The zero-order valence-electron chi connectivity index (χ0n) is 13.7. The molecule has 114 valence electrons. The monoisotopic (exact) mass is 287 g/mol. The van der Waals surface area contributed by atoms with Gasteiger partial charge in [0.25, 0.3) is 0 Å². The summed E-state index contributed by atoms with van der Waals surface area (Å²) in [6.07, 6.45) is 10.5. The standard InChI is InChI=1S/C17H26BNO2/c1-16(2)17(3,4)21-18(20-16)15-10-14(11-19-12-15)13-8-6-5-7-9-13/h10-13H,5-9H2,1-4H3. The van der Waals surface area contributed by atoms with Gasteiger partial charge < -0.3 is 9.31 Å². The van der Waals surface area contributed by atoms with Crippen molar-refractivity contribution in [3.63, 3.8) is 0 Å². The van der Waals surface area contributed by atoms with Crippen LogP contribution in [0.4, 0.5) is 0 Å². The molecule has 0 atom stereocenters. The summed E-state index contributed by atoms with van der Waals surface area (Å²) in [6, 6.07) is 2.24. The van der Waals surface area contributed by atoms with Crippen LogP contribution in [0.2, 0.25) is 0 Å². The fourth-order valence-corrected chi connectivity index (χ4v) is 3.24.